The molecule has 3 rings (SSSR count). The number of ether oxygens (including phenoxy) is 1. The molecule has 8 heteroatoms. The van der Waals surface area contributed by atoms with Gasteiger partial charge in [-0.3, -0.25) is 14.9 Å². The molecule has 0 radical (unpaired) electrons. The average Bonchev–Trinajstić information content (AvgIpc) is 3.11. The minimum atomic E-state index is -0.546. The Balaban J connectivity index is 2.06. The minimum Gasteiger partial charge on any atom is -0.463 e. The first-order valence-corrected chi connectivity index (χ1v) is 9.20. The van der Waals surface area contributed by atoms with Gasteiger partial charge < -0.3 is 4.74 Å². The normalized spacial score (nSPS) is 11.3. The lowest BCUT2D eigenvalue weighted by atomic mass is 9.87. The topological polar surface area (TPSA) is 100 Å². The van der Waals surface area contributed by atoms with Crippen molar-refractivity contribution in [1.29, 1.82) is 0 Å². The molecule has 1 heterocycles. The summed E-state index contributed by atoms with van der Waals surface area (Å²) in [7, 11) is 0. The van der Waals surface area contributed by atoms with Crippen LogP contribution < -0.4 is 4.74 Å². The van der Waals surface area contributed by atoms with Gasteiger partial charge in [0.05, 0.1) is 11.5 Å². The summed E-state index contributed by atoms with van der Waals surface area (Å²) in [6.07, 6.45) is 0. The molecule has 0 aliphatic rings. The van der Waals surface area contributed by atoms with E-state index in [1.165, 1.54) is 24.3 Å². The second-order valence-corrected chi connectivity index (χ2v) is 7.50. The SMILES string of the molecule is CCOc1nc(-c2ccc(C(C)(C)C)cc2)n(C(=O)c2cccc([N+](=O)[O-])c2)n1. The number of non-ortho nitro benzene ring substituents is 1. The summed E-state index contributed by atoms with van der Waals surface area (Å²) in [6.45, 7) is 8.48. The first kappa shape index (κ1) is 20.2. The van der Waals surface area contributed by atoms with E-state index in [1.54, 1.807) is 6.92 Å². The number of carbonyl (C=O) groups is 1. The van der Waals surface area contributed by atoms with Crippen molar-refractivity contribution in [2.75, 3.05) is 6.61 Å². The Hall–Kier alpha value is -3.55. The number of nitro groups is 1. The van der Waals surface area contributed by atoms with Gasteiger partial charge >= 0.3 is 6.01 Å². The number of rotatable bonds is 5. The van der Waals surface area contributed by atoms with E-state index in [-0.39, 0.29) is 22.7 Å². The van der Waals surface area contributed by atoms with Crippen molar-refractivity contribution in [1.82, 2.24) is 14.8 Å². The van der Waals surface area contributed by atoms with Crippen LogP contribution in [0.4, 0.5) is 5.69 Å². The summed E-state index contributed by atoms with van der Waals surface area (Å²) in [5.74, 6) is -0.215. The molecule has 29 heavy (non-hydrogen) atoms. The highest BCUT2D eigenvalue weighted by atomic mass is 16.6. The number of nitrogens with zero attached hydrogens (tertiary/aromatic N) is 4. The Kier molecular flexibility index (Phi) is 5.45. The molecular weight excluding hydrogens is 372 g/mol. The Morgan fingerprint density at radius 2 is 1.86 bits per heavy atom. The molecule has 0 atom stereocenters. The summed E-state index contributed by atoms with van der Waals surface area (Å²) in [4.78, 5) is 27.9. The number of aromatic nitrogens is 3. The van der Waals surface area contributed by atoms with Gasteiger partial charge in [-0.05, 0) is 24.0 Å². The first-order chi connectivity index (χ1) is 13.7. The number of nitro benzene ring substituents is 1. The highest BCUT2D eigenvalue weighted by Crippen LogP contribution is 2.27. The van der Waals surface area contributed by atoms with Gasteiger partial charge in [0, 0.05) is 23.3 Å². The van der Waals surface area contributed by atoms with Gasteiger partial charge in [0.25, 0.3) is 11.6 Å². The molecule has 0 spiro atoms. The molecule has 150 valence electrons. The monoisotopic (exact) mass is 394 g/mol. The zero-order chi connectivity index (χ0) is 21.2. The van der Waals surface area contributed by atoms with Gasteiger partial charge in [0.1, 0.15) is 0 Å². The van der Waals surface area contributed by atoms with Crippen LogP contribution in [0, 0.1) is 10.1 Å². The molecule has 8 nitrogen and oxygen atoms in total. The first-order valence-electron chi connectivity index (χ1n) is 9.20. The maximum atomic E-state index is 13.0. The van der Waals surface area contributed by atoms with Gasteiger partial charge in [-0.25, -0.2) is 0 Å². The van der Waals surface area contributed by atoms with Gasteiger partial charge in [0.15, 0.2) is 5.82 Å². The summed E-state index contributed by atoms with van der Waals surface area (Å²) >= 11 is 0. The van der Waals surface area contributed by atoms with Crippen molar-refractivity contribution in [3.8, 4) is 17.4 Å². The summed E-state index contributed by atoms with van der Waals surface area (Å²) < 4.78 is 6.49. The van der Waals surface area contributed by atoms with Crippen LogP contribution >= 0.6 is 0 Å². The highest BCUT2D eigenvalue weighted by Gasteiger charge is 2.22. The Labute approximate surface area is 168 Å². The predicted octanol–water partition coefficient (Wildman–Crippen LogP) is 4.24. The van der Waals surface area contributed by atoms with E-state index in [0.717, 1.165) is 10.2 Å². The lowest BCUT2D eigenvalue weighted by Crippen LogP contribution is -2.16. The van der Waals surface area contributed by atoms with Crippen molar-refractivity contribution in [2.45, 2.75) is 33.1 Å². The van der Waals surface area contributed by atoms with E-state index in [4.69, 9.17) is 4.74 Å². The number of hydrogen-bond acceptors (Lipinski definition) is 6. The number of benzene rings is 2. The molecule has 0 unspecified atom stereocenters. The van der Waals surface area contributed by atoms with Crippen LogP contribution in [0.5, 0.6) is 6.01 Å². The van der Waals surface area contributed by atoms with E-state index < -0.39 is 10.8 Å². The van der Waals surface area contributed by atoms with Gasteiger partial charge in [-0.15, -0.1) is 5.10 Å². The van der Waals surface area contributed by atoms with E-state index in [1.807, 2.05) is 24.3 Å². The fourth-order valence-corrected chi connectivity index (χ4v) is 2.81. The maximum Gasteiger partial charge on any atom is 0.336 e. The summed E-state index contributed by atoms with van der Waals surface area (Å²) in [5.41, 5.74) is 1.79. The lowest BCUT2D eigenvalue weighted by Gasteiger charge is -2.19. The highest BCUT2D eigenvalue weighted by molar-refractivity contribution is 5.97. The molecule has 0 N–H and O–H groups in total. The predicted molar refractivity (Wildman–Crippen MR) is 108 cm³/mol. The Morgan fingerprint density at radius 3 is 2.45 bits per heavy atom. The van der Waals surface area contributed by atoms with Crippen LogP contribution in [0.3, 0.4) is 0 Å². The zero-order valence-corrected chi connectivity index (χ0v) is 16.7. The fourth-order valence-electron chi connectivity index (χ4n) is 2.81. The van der Waals surface area contributed by atoms with Crippen LogP contribution in [0.2, 0.25) is 0 Å². The van der Waals surface area contributed by atoms with Crippen molar-refractivity contribution in [3.05, 3.63) is 69.8 Å². The maximum absolute atomic E-state index is 13.0. The van der Waals surface area contributed by atoms with Gasteiger partial charge in [-0.1, -0.05) is 51.1 Å². The quantitative estimate of drug-likeness (QED) is 0.474. The minimum absolute atomic E-state index is 0.0124. The molecule has 0 aliphatic carbocycles. The van der Waals surface area contributed by atoms with E-state index in [0.29, 0.717) is 18.0 Å². The van der Waals surface area contributed by atoms with Crippen LogP contribution in [-0.4, -0.2) is 32.2 Å². The van der Waals surface area contributed by atoms with Crippen molar-refractivity contribution in [3.63, 3.8) is 0 Å². The standard InChI is InChI=1S/C21H22N4O4/c1-5-29-20-22-18(14-9-11-16(12-10-14)21(2,3)4)24(23-20)19(26)15-7-6-8-17(13-15)25(27)28/h6-13H,5H2,1-4H3. The number of hydrogen-bond donors (Lipinski definition) is 0. The van der Waals surface area contributed by atoms with Gasteiger partial charge in [0.2, 0.25) is 0 Å². The molecule has 0 bridgehead atoms. The number of carbonyl (C=O) groups excluding carboxylic acids is 1. The smallest absolute Gasteiger partial charge is 0.336 e. The largest absolute Gasteiger partial charge is 0.463 e. The average molecular weight is 394 g/mol. The molecule has 0 amide bonds. The van der Waals surface area contributed by atoms with E-state index in [2.05, 4.69) is 30.9 Å². The molecule has 0 saturated carbocycles. The van der Waals surface area contributed by atoms with Crippen LogP contribution in [-0.2, 0) is 5.41 Å². The van der Waals surface area contributed by atoms with Crippen LogP contribution in [0.1, 0.15) is 43.6 Å². The Bertz CT molecular complexity index is 1050. The third-order valence-corrected chi connectivity index (χ3v) is 4.37. The third kappa shape index (κ3) is 4.31. The van der Waals surface area contributed by atoms with Crippen molar-refractivity contribution < 1.29 is 14.5 Å². The summed E-state index contributed by atoms with van der Waals surface area (Å²) in [5, 5.41) is 15.2. The molecule has 2 aromatic carbocycles. The van der Waals surface area contributed by atoms with Crippen molar-refractivity contribution >= 4 is 11.6 Å². The van der Waals surface area contributed by atoms with Crippen molar-refractivity contribution in [2.24, 2.45) is 0 Å². The molecule has 0 aliphatic heterocycles. The fraction of sp³-hybridized carbons (Fsp3) is 0.286. The zero-order valence-electron chi connectivity index (χ0n) is 16.7. The Morgan fingerprint density at radius 1 is 1.17 bits per heavy atom. The van der Waals surface area contributed by atoms with Gasteiger partial charge in [-0.2, -0.15) is 9.67 Å². The molecule has 0 saturated heterocycles. The lowest BCUT2D eigenvalue weighted by molar-refractivity contribution is -0.384. The van der Waals surface area contributed by atoms with Crippen LogP contribution in [0.15, 0.2) is 48.5 Å². The molecule has 0 fully saturated rings. The van der Waals surface area contributed by atoms with Crippen LogP contribution in [0.25, 0.3) is 11.4 Å². The molecule has 1 aromatic heterocycles. The molecular formula is C21H22N4O4. The van der Waals surface area contributed by atoms with E-state index >= 15 is 0 Å². The second kappa shape index (κ2) is 7.83. The third-order valence-electron chi connectivity index (χ3n) is 4.37. The summed E-state index contributed by atoms with van der Waals surface area (Å²) in [6, 6.07) is 13.3. The van der Waals surface area contributed by atoms with E-state index in [9.17, 15) is 14.9 Å². The molecule has 3 aromatic rings. The second-order valence-electron chi connectivity index (χ2n) is 7.50.